The lowest BCUT2D eigenvalue weighted by atomic mass is 10.2. The summed E-state index contributed by atoms with van der Waals surface area (Å²) in [5.74, 6) is -1.15. The van der Waals surface area contributed by atoms with Crippen LogP contribution in [0.2, 0.25) is 0 Å². The Kier molecular flexibility index (Phi) is 7.59. The zero-order chi connectivity index (χ0) is 24.7. The summed E-state index contributed by atoms with van der Waals surface area (Å²) >= 11 is 0. The third-order valence-electron chi connectivity index (χ3n) is 4.65. The average Bonchev–Trinajstić information content (AvgIpc) is 2.83. The third kappa shape index (κ3) is 5.75. The molecule has 0 spiro atoms. The number of nitrogens with zero attached hydrogens (tertiary/aromatic N) is 2. The van der Waals surface area contributed by atoms with E-state index < -0.39 is 33.4 Å². The molecule has 0 aromatic heterocycles. The fraction of sp³-hybridized carbons (Fsp3) is 0.130. The standard InChI is InChI=1S/C23H21N3O7S/c1-2-33-23(28)17-8-10-18(11-9-17)24-22(27)16-25(19-12-14-20(15-13-19)26(29)30)34(31,32)21-6-4-3-5-7-21/h3-15H,2,16H2,1H3,(H,24,27). The Morgan fingerprint density at radius 2 is 1.59 bits per heavy atom. The lowest BCUT2D eigenvalue weighted by Gasteiger charge is -2.24. The van der Waals surface area contributed by atoms with Crippen LogP contribution < -0.4 is 9.62 Å². The van der Waals surface area contributed by atoms with Gasteiger partial charge in [-0.3, -0.25) is 19.2 Å². The summed E-state index contributed by atoms with van der Waals surface area (Å²) in [6.45, 7) is 1.33. The van der Waals surface area contributed by atoms with Crippen molar-refractivity contribution in [3.63, 3.8) is 0 Å². The zero-order valence-electron chi connectivity index (χ0n) is 18.1. The van der Waals surface area contributed by atoms with Gasteiger partial charge in [-0.15, -0.1) is 0 Å². The van der Waals surface area contributed by atoms with Gasteiger partial charge < -0.3 is 10.1 Å². The van der Waals surface area contributed by atoms with E-state index in [0.29, 0.717) is 11.3 Å². The summed E-state index contributed by atoms with van der Waals surface area (Å²) in [6, 6.07) is 18.3. The molecule has 34 heavy (non-hydrogen) atoms. The van der Waals surface area contributed by atoms with Crippen LogP contribution in [0.25, 0.3) is 0 Å². The molecule has 0 fully saturated rings. The Morgan fingerprint density at radius 1 is 0.971 bits per heavy atom. The number of benzene rings is 3. The number of ether oxygens (including phenoxy) is 1. The van der Waals surface area contributed by atoms with Crippen LogP contribution in [-0.4, -0.2) is 38.4 Å². The normalized spacial score (nSPS) is 10.9. The molecule has 0 heterocycles. The first-order valence-corrected chi connectivity index (χ1v) is 11.6. The Labute approximate surface area is 196 Å². The van der Waals surface area contributed by atoms with Gasteiger partial charge in [0, 0.05) is 17.8 Å². The molecule has 3 rings (SSSR count). The molecule has 0 atom stereocenters. The van der Waals surface area contributed by atoms with Crippen LogP contribution in [0.15, 0.2) is 83.8 Å². The molecule has 1 N–H and O–H groups in total. The molecule has 0 aliphatic rings. The predicted molar refractivity (Wildman–Crippen MR) is 125 cm³/mol. The minimum atomic E-state index is -4.16. The summed E-state index contributed by atoms with van der Waals surface area (Å²) in [6.07, 6.45) is 0. The number of hydrogen-bond acceptors (Lipinski definition) is 7. The highest BCUT2D eigenvalue weighted by atomic mass is 32.2. The molecule has 3 aromatic rings. The van der Waals surface area contributed by atoms with Crippen molar-refractivity contribution in [1.82, 2.24) is 0 Å². The Bertz CT molecular complexity index is 1280. The average molecular weight is 484 g/mol. The van der Waals surface area contributed by atoms with Crippen LogP contribution in [-0.2, 0) is 19.6 Å². The molecule has 0 saturated carbocycles. The summed E-state index contributed by atoms with van der Waals surface area (Å²) in [5.41, 5.74) is 0.520. The molecule has 0 aliphatic carbocycles. The van der Waals surface area contributed by atoms with Crippen molar-refractivity contribution >= 4 is 39.0 Å². The molecule has 1 amide bonds. The highest BCUT2D eigenvalue weighted by Crippen LogP contribution is 2.26. The van der Waals surface area contributed by atoms with E-state index in [1.54, 1.807) is 25.1 Å². The summed E-state index contributed by atoms with van der Waals surface area (Å²) in [4.78, 5) is 34.8. The summed E-state index contributed by atoms with van der Waals surface area (Å²) in [7, 11) is -4.16. The fourth-order valence-corrected chi connectivity index (χ4v) is 4.45. The number of nitro benzene ring substituents is 1. The Hall–Kier alpha value is -4.25. The molecule has 0 aliphatic heterocycles. The van der Waals surface area contributed by atoms with Crippen LogP contribution in [0.1, 0.15) is 17.3 Å². The maximum Gasteiger partial charge on any atom is 0.338 e. The largest absolute Gasteiger partial charge is 0.462 e. The molecular formula is C23H21N3O7S. The van der Waals surface area contributed by atoms with Gasteiger partial charge in [0.2, 0.25) is 5.91 Å². The van der Waals surface area contributed by atoms with Crippen LogP contribution in [0, 0.1) is 10.1 Å². The smallest absolute Gasteiger partial charge is 0.338 e. The minimum Gasteiger partial charge on any atom is -0.462 e. The molecule has 0 bridgehead atoms. The molecule has 11 heteroatoms. The number of rotatable bonds is 9. The van der Waals surface area contributed by atoms with E-state index in [4.69, 9.17) is 4.74 Å². The maximum absolute atomic E-state index is 13.3. The number of nitro groups is 1. The highest BCUT2D eigenvalue weighted by molar-refractivity contribution is 7.92. The number of carbonyl (C=O) groups excluding carboxylic acids is 2. The number of non-ortho nitro benzene ring substituents is 1. The number of amides is 1. The number of anilines is 2. The maximum atomic E-state index is 13.3. The molecule has 0 radical (unpaired) electrons. The minimum absolute atomic E-state index is 0.0417. The molecule has 3 aromatic carbocycles. The predicted octanol–water partition coefficient (Wildman–Crippen LogP) is 3.61. The van der Waals surface area contributed by atoms with E-state index in [1.807, 2.05) is 0 Å². The molecule has 0 unspecified atom stereocenters. The van der Waals surface area contributed by atoms with E-state index in [0.717, 1.165) is 16.4 Å². The van der Waals surface area contributed by atoms with Crippen molar-refractivity contribution in [1.29, 1.82) is 0 Å². The fourth-order valence-electron chi connectivity index (χ4n) is 3.01. The van der Waals surface area contributed by atoms with Crippen molar-refractivity contribution in [2.45, 2.75) is 11.8 Å². The van der Waals surface area contributed by atoms with Gasteiger partial charge in [-0.2, -0.15) is 0 Å². The van der Waals surface area contributed by atoms with E-state index in [9.17, 15) is 28.1 Å². The van der Waals surface area contributed by atoms with Crippen molar-refractivity contribution in [2.24, 2.45) is 0 Å². The van der Waals surface area contributed by atoms with Crippen molar-refractivity contribution in [3.8, 4) is 0 Å². The van der Waals surface area contributed by atoms with Crippen LogP contribution in [0.4, 0.5) is 17.1 Å². The van der Waals surface area contributed by atoms with Gasteiger partial charge >= 0.3 is 5.97 Å². The second-order valence-electron chi connectivity index (χ2n) is 6.94. The zero-order valence-corrected chi connectivity index (χ0v) is 18.9. The quantitative estimate of drug-likeness (QED) is 0.279. The highest BCUT2D eigenvalue weighted by Gasteiger charge is 2.27. The molecule has 10 nitrogen and oxygen atoms in total. The van der Waals surface area contributed by atoms with Crippen molar-refractivity contribution in [2.75, 3.05) is 22.8 Å². The topological polar surface area (TPSA) is 136 Å². The van der Waals surface area contributed by atoms with Crippen molar-refractivity contribution < 1.29 is 27.7 Å². The molecule has 0 saturated heterocycles. The van der Waals surface area contributed by atoms with Crippen molar-refractivity contribution in [3.05, 3.63) is 94.5 Å². The van der Waals surface area contributed by atoms with E-state index >= 15 is 0 Å². The first-order valence-electron chi connectivity index (χ1n) is 10.1. The lowest BCUT2D eigenvalue weighted by molar-refractivity contribution is -0.384. The third-order valence-corrected chi connectivity index (χ3v) is 6.43. The van der Waals surface area contributed by atoms with Gasteiger partial charge in [0.15, 0.2) is 0 Å². The summed E-state index contributed by atoms with van der Waals surface area (Å²) in [5, 5.41) is 13.6. The molecule has 176 valence electrons. The monoisotopic (exact) mass is 483 g/mol. The second-order valence-corrected chi connectivity index (χ2v) is 8.81. The Balaban J connectivity index is 1.86. The van der Waals surface area contributed by atoms with Gasteiger partial charge in [0.25, 0.3) is 15.7 Å². The number of hydrogen-bond donors (Lipinski definition) is 1. The van der Waals surface area contributed by atoms with Gasteiger partial charge in [0.05, 0.1) is 27.7 Å². The molecular weight excluding hydrogens is 462 g/mol. The van der Waals surface area contributed by atoms with Gasteiger partial charge in [-0.05, 0) is 55.5 Å². The second kappa shape index (κ2) is 10.6. The lowest BCUT2D eigenvalue weighted by Crippen LogP contribution is -2.38. The van der Waals surface area contributed by atoms with Crippen LogP contribution in [0.3, 0.4) is 0 Å². The van der Waals surface area contributed by atoms with Crippen LogP contribution in [0.5, 0.6) is 0 Å². The number of esters is 1. The number of nitrogens with one attached hydrogen (secondary N) is 1. The SMILES string of the molecule is CCOC(=O)c1ccc(NC(=O)CN(c2ccc([N+](=O)[O-])cc2)S(=O)(=O)c2ccccc2)cc1. The van der Waals surface area contributed by atoms with Crippen LogP contribution >= 0.6 is 0 Å². The van der Waals surface area contributed by atoms with E-state index in [-0.39, 0.29) is 22.9 Å². The van der Waals surface area contributed by atoms with E-state index in [1.165, 1.54) is 48.5 Å². The van der Waals surface area contributed by atoms with Gasteiger partial charge in [-0.25, -0.2) is 13.2 Å². The first kappa shape index (κ1) is 24.4. The Morgan fingerprint density at radius 3 is 2.15 bits per heavy atom. The number of carbonyl (C=O) groups is 2. The number of sulfonamides is 1. The summed E-state index contributed by atoms with van der Waals surface area (Å²) < 4.78 is 32.3. The van der Waals surface area contributed by atoms with Gasteiger partial charge in [0.1, 0.15) is 6.54 Å². The first-order chi connectivity index (χ1) is 16.2. The van der Waals surface area contributed by atoms with E-state index in [2.05, 4.69) is 5.32 Å². The van der Waals surface area contributed by atoms with Gasteiger partial charge in [-0.1, -0.05) is 18.2 Å².